The standard InChI is InChI=1S/C21H23N5O2/c1-15-12-19(24-25(15)2)21(27)26-11-10-16(13-26)14-28-20-9-8-18(22-23-20)17-6-4-3-5-7-17/h3-9,12,16H,10-11,13-14H2,1-2H3. The van der Waals surface area contributed by atoms with Crippen LogP contribution >= 0.6 is 0 Å². The zero-order valence-electron chi connectivity index (χ0n) is 16.1. The van der Waals surface area contributed by atoms with Gasteiger partial charge in [0, 0.05) is 43.4 Å². The summed E-state index contributed by atoms with van der Waals surface area (Å²) in [5.74, 6) is 0.771. The molecule has 7 heteroatoms. The maximum atomic E-state index is 12.6. The van der Waals surface area contributed by atoms with Gasteiger partial charge < -0.3 is 9.64 Å². The van der Waals surface area contributed by atoms with Crippen molar-refractivity contribution in [3.05, 3.63) is 59.9 Å². The number of aromatic nitrogens is 4. The monoisotopic (exact) mass is 377 g/mol. The summed E-state index contributed by atoms with van der Waals surface area (Å²) in [6, 6.07) is 15.5. The van der Waals surface area contributed by atoms with Gasteiger partial charge >= 0.3 is 0 Å². The van der Waals surface area contributed by atoms with Crippen LogP contribution in [0.4, 0.5) is 0 Å². The van der Waals surface area contributed by atoms with Crippen LogP contribution in [0, 0.1) is 12.8 Å². The lowest BCUT2D eigenvalue weighted by atomic mass is 10.1. The normalized spacial score (nSPS) is 16.4. The van der Waals surface area contributed by atoms with Crippen LogP contribution in [0.25, 0.3) is 11.3 Å². The molecular formula is C21H23N5O2. The Balaban J connectivity index is 1.30. The van der Waals surface area contributed by atoms with E-state index in [1.165, 1.54) is 0 Å². The van der Waals surface area contributed by atoms with Gasteiger partial charge in [0.05, 0.1) is 12.3 Å². The molecule has 1 amide bonds. The molecule has 0 saturated carbocycles. The summed E-state index contributed by atoms with van der Waals surface area (Å²) in [6.07, 6.45) is 0.910. The average Bonchev–Trinajstić information content (AvgIpc) is 3.34. The predicted octanol–water partition coefficient (Wildman–Crippen LogP) is 2.73. The maximum Gasteiger partial charge on any atom is 0.274 e. The second kappa shape index (κ2) is 7.80. The van der Waals surface area contributed by atoms with Crippen LogP contribution in [-0.4, -0.2) is 50.5 Å². The van der Waals surface area contributed by atoms with Crippen molar-refractivity contribution in [2.24, 2.45) is 13.0 Å². The first-order valence-electron chi connectivity index (χ1n) is 9.42. The molecule has 1 aliphatic heterocycles. The molecule has 0 aliphatic carbocycles. The topological polar surface area (TPSA) is 73.1 Å². The predicted molar refractivity (Wildman–Crippen MR) is 105 cm³/mol. The number of nitrogens with zero attached hydrogens (tertiary/aromatic N) is 5. The van der Waals surface area contributed by atoms with Crippen molar-refractivity contribution in [1.82, 2.24) is 24.9 Å². The first-order chi connectivity index (χ1) is 13.6. The molecule has 4 rings (SSSR count). The Morgan fingerprint density at radius 2 is 2.00 bits per heavy atom. The lowest BCUT2D eigenvalue weighted by molar-refractivity contribution is 0.0776. The number of amides is 1. The molecule has 2 aromatic heterocycles. The first-order valence-corrected chi connectivity index (χ1v) is 9.42. The third kappa shape index (κ3) is 3.88. The second-order valence-electron chi connectivity index (χ2n) is 7.13. The minimum atomic E-state index is -0.0156. The molecular weight excluding hydrogens is 354 g/mol. The van der Waals surface area contributed by atoms with Gasteiger partial charge in [0.1, 0.15) is 0 Å². The Morgan fingerprint density at radius 1 is 1.18 bits per heavy atom. The summed E-state index contributed by atoms with van der Waals surface area (Å²) in [6.45, 7) is 3.85. The highest BCUT2D eigenvalue weighted by molar-refractivity contribution is 5.92. The van der Waals surface area contributed by atoms with Crippen molar-refractivity contribution in [1.29, 1.82) is 0 Å². The van der Waals surface area contributed by atoms with E-state index in [2.05, 4.69) is 15.3 Å². The van der Waals surface area contributed by atoms with Crippen LogP contribution in [0.3, 0.4) is 0 Å². The Bertz CT molecular complexity index is 933. The van der Waals surface area contributed by atoms with Gasteiger partial charge in [-0.05, 0) is 25.5 Å². The molecule has 1 fully saturated rings. The van der Waals surface area contributed by atoms with Gasteiger partial charge in [0.15, 0.2) is 5.69 Å². The third-order valence-corrected chi connectivity index (χ3v) is 5.08. The fraction of sp³-hybridized carbons (Fsp3) is 0.333. The molecule has 1 unspecified atom stereocenters. The molecule has 144 valence electrons. The van der Waals surface area contributed by atoms with E-state index in [1.54, 1.807) is 4.68 Å². The summed E-state index contributed by atoms with van der Waals surface area (Å²) in [7, 11) is 1.84. The van der Waals surface area contributed by atoms with Crippen molar-refractivity contribution in [2.75, 3.05) is 19.7 Å². The minimum Gasteiger partial charge on any atom is -0.476 e. The van der Waals surface area contributed by atoms with E-state index in [1.807, 2.05) is 67.4 Å². The highest BCUT2D eigenvalue weighted by Crippen LogP contribution is 2.21. The fourth-order valence-corrected chi connectivity index (χ4v) is 3.34. The number of hydrogen-bond donors (Lipinski definition) is 0. The van der Waals surface area contributed by atoms with Crippen molar-refractivity contribution in [2.45, 2.75) is 13.3 Å². The Hall–Kier alpha value is -3.22. The van der Waals surface area contributed by atoms with E-state index >= 15 is 0 Å². The van der Waals surface area contributed by atoms with Crippen LogP contribution < -0.4 is 4.74 Å². The molecule has 0 spiro atoms. The zero-order valence-corrected chi connectivity index (χ0v) is 16.1. The molecule has 7 nitrogen and oxygen atoms in total. The van der Waals surface area contributed by atoms with Gasteiger partial charge in [-0.25, -0.2) is 0 Å². The van der Waals surface area contributed by atoms with Gasteiger partial charge in [0.25, 0.3) is 5.91 Å². The fourth-order valence-electron chi connectivity index (χ4n) is 3.34. The lowest BCUT2D eigenvalue weighted by Crippen LogP contribution is -2.30. The van der Waals surface area contributed by atoms with Crippen molar-refractivity contribution in [3.8, 4) is 17.1 Å². The minimum absolute atomic E-state index is 0.0156. The molecule has 3 heterocycles. The molecule has 0 N–H and O–H groups in total. The van der Waals surface area contributed by atoms with E-state index in [-0.39, 0.29) is 11.8 Å². The van der Waals surface area contributed by atoms with Gasteiger partial charge in [-0.2, -0.15) is 5.10 Å². The average molecular weight is 377 g/mol. The van der Waals surface area contributed by atoms with E-state index in [0.717, 1.165) is 29.9 Å². The summed E-state index contributed by atoms with van der Waals surface area (Å²) in [4.78, 5) is 14.4. The molecule has 3 aromatic rings. The van der Waals surface area contributed by atoms with Crippen molar-refractivity contribution >= 4 is 5.91 Å². The third-order valence-electron chi connectivity index (χ3n) is 5.08. The number of rotatable bonds is 5. The van der Waals surface area contributed by atoms with E-state index < -0.39 is 0 Å². The van der Waals surface area contributed by atoms with Gasteiger partial charge in [-0.1, -0.05) is 30.3 Å². The van der Waals surface area contributed by atoms with Crippen LogP contribution in [0.15, 0.2) is 48.5 Å². The number of benzene rings is 1. The molecule has 1 aromatic carbocycles. The molecule has 1 aliphatic rings. The van der Waals surface area contributed by atoms with Gasteiger partial charge in [-0.15, -0.1) is 10.2 Å². The second-order valence-corrected chi connectivity index (χ2v) is 7.13. The Kier molecular flexibility index (Phi) is 5.06. The molecule has 1 saturated heterocycles. The van der Waals surface area contributed by atoms with Crippen LogP contribution in [0.2, 0.25) is 0 Å². The smallest absolute Gasteiger partial charge is 0.274 e. The van der Waals surface area contributed by atoms with Crippen molar-refractivity contribution in [3.63, 3.8) is 0 Å². The number of carbonyl (C=O) groups excluding carboxylic acids is 1. The molecule has 1 atom stereocenters. The molecule has 28 heavy (non-hydrogen) atoms. The van der Waals surface area contributed by atoms with E-state index in [0.29, 0.717) is 24.7 Å². The summed E-state index contributed by atoms with van der Waals surface area (Å²) >= 11 is 0. The quantitative estimate of drug-likeness (QED) is 0.684. The van der Waals surface area contributed by atoms with Crippen LogP contribution in [-0.2, 0) is 7.05 Å². The summed E-state index contributed by atoms with van der Waals surface area (Å²) in [5, 5.41) is 12.7. The van der Waals surface area contributed by atoms with Crippen molar-refractivity contribution < 1.29 is 9.53 Å². The Labute approximate surface area is 164 Å². The number of likely N-dealkylation sites (tertiary alicyclic amines) is 1. The number of hydrogen-bond acceptors (Lipinski definition) is 5. The lowest BCUT2D eigenvalue weighted by Gasteiger charge is -2.15. The zero-order chi connectivity index (χ0) is 19.5. The Morgan fingerprint density at radius 3 is 2.68 bits per heavy atom. The highest BCUT2D eigenvalue weighted by Gasteiger charge is 2.28. The van der Waals surface area contributed by atoms with E-state index in [9.17, 15) is 4.79 Å². The SMILES string of the molecule is Cc1cc(C(=O)N2CCC(COc3ccc(-c4ccccc4)nn3)C2)nn1C. The largest absolute Gasteiger partial charge is 0.476 e. The van der Waals surface area contributed by atoms with E-state index in [4.69, 9.17) is 4.74 Å². The van der Waals surface area contributed by atoms with Crippen LogP contribution in [0.5, 0.6) is 5.88 Å². The highest BCUT2D eigenvalue weighted by atomic mass is 16.5. The summed E-state index contributed by atoms with van der Waals surface area (Å²) in [5.41, 5.74) is 3.32. The van der Waals surface area contributed by atoms with Gasteiger partial charge in [-0.3, -0.25) is 9.48 Å². The van der Waals surface area contributed by atoms with Crippen LogP contribution in [0.1, 0.15) is 22.6 Å². The molecule has 0 bridgehead atoms. The molecule has 0 radical (unpaired) electrons. The number of aryl methyl sites for hydroxylation is 2. The maximum absolute atomic E-state index is 12.6. The van der Waals surface area contributed by atoms with Gasteiger partial charge in [0.2, 0.25) is 5.88 Å². The number of carbonyl (C=O) groups is 1. The number of ether oxygens (including phenoxy) is 1. The summed E-state index contributed by atoms with van der Waals surface area (Å²) < 4.78 is 7.53. The first kappa shape index (κ1) is 18.2.